The normalized spacial score (nSPS) is 11.2. The first-order chi connectivity index (χ1) is 10.0. The lowest BCUT2D eigenvalue weighted by molar-refractivity contribution is 0.386. The average Bonchev–Trinajstić information content (AvgIpc) is 2.89. The molecule has 1 N–H and O–H groups in total. The van der Waals surface area contributed by atoms with Crippen molar-refractivity contribution < 1.29 is 12.9 Å². The number of hydrogen-bond donors (Lipinski definition) is 1. The summed E-state index contributed by atoms with van der Waals surface area (Å²) in [5.41, 5.74) is 0.325. The van der Waals surface area contributed by atoms with Crippen molar-refractivity contribution in [3.8, 4) is 6.07 Å². The zero-order valence-corrected chi connectivity index (χ0v) is 12.2. The molecule has 0 aliphatic carbocycles. The number of nitrogens with zero attached hydrogens (tertiary/aromatic N) is 3. The highest BCUT2D eigenvalue weighted by molar-refractivity contribution is 7.91. The maximum Gasteiger partial charge on any atom is 0.223 e. The molecule has 0 radical (unpaired) electrons. The van der Waals surface area contributed by atoms with Crippen LogP contribution in [0, 0.1) is 18.3 Å². The van der Waals surface area contributed by atoms with Gasteiger partial charge in [-0.1, -0.05) is 11.2 Å². The molecule has 110 valence electrons. The number of hydrogen-bond acceptors (Lipinski definition) is 7. The first-order valence-corrected chi connectivity index (χ1v) is 7.89. The van der Waals surface area contributed by atoms with Gasteiger partial charge in [0, 0.05) is 13.5 Å². The Labute approximate surface area is 122 Å². The summed E-state index contributed by atoms with van der Waals surface area (Å²) in [6, 6.07) is 7.90. The minimum atomic E-state index is -3.42. The summed E-state index contributed by atoms with van der Waals surface area (Å²) >= 11 is 0. The molecule has 2 rings (SSSR count). The van der Waals surface area contributed by atoms with Gasteiger partial charge in [-0.2, -0.15) is 10.2 Å². The molecule has 1 heterocycles. The van der Waals surface area contributed by atoms with Crippen molar-refractivity contribution in [2.75, 3.05) is 12.3 Å². The monoisotopic (exact) mass is 306 g/mol. The summed E-state index contributed by atoms with van der Waals surface area (Å²) in [7, 11) is -3.42. The molecule has 0 saturated heterocycles. The second-order valence-corrected chi connectivity index (χ2v) is 6.47. The molecule has 8 heteroatoms. The zero-order valence-electron chi connectivity index (χ0n) is 11.4. The van der Waals surface area contributed by atoms with Crippen molar-refractivity contribution in [1.29, 1.82) is 5.26 Å². The first kappa shape index (κ1) is 15.2. The topological polar surface area (TPSA) is 109 Å². The standard InChI is InChI=1S/C13H14N4O3S/c1-10-16-13(17-20-10)9-15-5-6-21(18,19)12-4-2-3-11(7-12)8-14/h2-4,7,15H,5-6,9H2,1H3. The van der Waals surface area contributed by atoms with E-state index in [0.717, 1.165) is 0 Å². The Morgan fingerprint density at radius 2 is 2.24 bits per heavy atom. The van der Waals surface area contributed by atoms with Gasteiger partial charge in [0.1, 0.15) is 0 Å². The van der Waals surface area contributed by atoms with Crippen LogP contribution in [-0.2, 0) is 16.4 Å². The molecule has 1 aromatic heterocycles. The summed E-state index contributed by atoms with van der Waals surface area (Å²) in [6.07, 6.45) is 0. The molecule has 0 fully saturated rings. The number of rotatable bonds is 6. The molecule has 7 nitrogen and oxygen atoms in total. The Morgan fingerprint density at radius 1 is 1.43 bits per heavy atom. The third kappa shape index (κ3) is 4.11. The molecule has 0 saturated carbocycles. The SMILES string of the molecule is Cc1nc(CNCCS(=O)(=O)c2cccc(C#N)c2)no1. The van der Waals surface area contributed by atoms with Crippen LogP contribution in [0.3, 0.4) is 0 Å². The molecular formula is C13H14N4O3S. The molecule has 0 atom stereocenters. The van der Waals surface area contributed by atoms with E-state index in [1.165, 1.54) is 12.1 Å². The van der Waals surface area contributed by atoms with Gasteiger partial charge in [0.05, 0.1) is 28.8 Å². The van der Waals surface area contributed by atoms with E-state index in [1.54, 1.807) is 19.1 Å². The minimum absolute atomic E-state index is 0.0707. The smallest absolute Gasteiger partial charge is 0.223 e. The fourth-order valence-electron chi connectivity index (χ4n) is 1.70. The van der Waals surface area contributed by atoms with Gasteiger partial charge in [-0.3, -0.25) is 0 Å². The molecule has 0 aliphatic rings. The van der Waals surface area contributed by atoms with E-state index >= 15 is 0 Å². The van der Waals surface area contributed by atoms with Crippen LogP contribution in [0.2, 0.25) is 0 Å². The summed E-state index contributed by atoms with van der Waals surface area (Å²) in [6.45, 7) is 2.28. The molecule has 0 aliphatic heterocycles. The van der Waals surface area contributed by atoms with Crippen molar-refractivity contribution in [3.63, 3.8) is 0 Å². The molecule has 2 aromatic rings. The molecule has 0 spiro atoms. The highest BCUT2D eigenvalue weighted by Crippen LogP contribution is 2.12. The number of nitriles is 1. The maximum absolute atomic E-state index is 12.1. The van der Waals surface area contributed by atoms with Crippen LogP contribution in [0.4, 0.5) is 0 Å². The number of sulfone groups is 1. The van der Waals surface area contributed by atoms with Crippen LogP contribution >= 0.6 is 0 Å². The summed E-state index contributed by atoms with van der Waals surface area (Å²) in [4.78, 5) is 4.15. The third-order valence-electron chi connectivity index (χ3n) is 2.72. The molecule has 1 aromatic carbocycles. The highest BCUT2D eigenvalue weighted by atomic mass is 32.2. The summed E-state index contributed by atoms with van der Waals surface area (Å²) in [5, 5.41) is 15.4. The van der Waals surface area contributed by atoms with Crippen LogP contribution in [-0.4, -0.2) is 30.9 Å². The van der Waals surface area contributed by atoms with Gasteiger partial charge in [0.2, 0.25) is 5.89 Å². The first-order valence-electron chi connectivity index (χ1n) is 6.24. The van der Waals surface area contributed by atoms with Crippen LogP contribution < -0.4 is 5.32 Å². The lowest BCUT2D eigenvalue weighted by atomic mass is 10.2. The van der Waals surface area contributed by atoms with E-state index in [1.807, 2.05) is 6.07 Å². The number of nitrogens with one attached hydrogen (secondary N) is 1. The predicted molar refractivity (Wildman–Crippen MR) is 74.0 cm³/mol. The fraction of sp³-hybridized carbons (Fsp3) is 0.308. The van der Waals surface area contributed by atoms with Gasteiger partial charge >= 0.3 is 0 Å². The van der Waals surface area contributed by atoms with Crippen molar-refractivity contribution in [1.82, 2.24) is 15.5 Å². The summed E-state index contributed by atoms with van der Waals surface area (Å²) < 4.78 is 29.0. The zero-order chi connectivity index (χ0) is 15.3. The van der Waals surface area contributed by atoms with Crippen LogP contribution in [0.1, 0.15) is 17.3 Å². The Bertz CT molecular complexity index is 762. The van der Waals surface area contributed by atoms with E-state index in [9.17, 15) is 8.42 Å². The van der Waals surface area contributed by atoms with Crippen LogP contribution in [0.5, 0.6) is 0 Å². The molecule has 0 amide bonds. The second-order valence-electron chi connectivity index (χ2n) is 4.36. The molecule has 0 bridgehead atoms. The summed E-state index contributed by atoms with van der Waals surface area (Å²) in [5.74, 6) is 0.878. The van der Waals surface area contributed by atoms with E-state index < -0.39 is 9.84 Å². The van der Waals surface area contributed by atoms with E-state index in [4.69, 9.17) is 9.78 Å². The fourth-order valence-corrected chi connectivity index (χ4v) is 2.94. The number of benzene rings is 1. The lowest BCUT2D eigenvalue weighted by Crippen LogP contribution is -2.23. The second kappa shape index (κ2) is 6.47. The van der Waals surface area contributed by atoms with E-state index in [-0.39, 0.29) is 17.2 Å². The van der Waals surface area contributed by atoms with Gasteiger partial charge in [0.15, 0.2) is 15.7 Å². The van der Waals surface area contributed by atoms with Crippen LogP contribution in [0.15, 0.2) is 33.7 Å². The Hall–Kier alpha value is -2.24. The lowest BCUT2D eigenvalue weighted by Gasteiger charge is -2.05. The maximum atomic E-state index is 12.1. The van der Waals surface area contributed by atoms with Gasteiger partial charge in [-0.25, -0.2) is 8.42 Å². The minimum Gasteiger partial charge on any atom is -0.340 e. The highest BCUT2D eigenvalue weighted by Gasteiger charge is 2.14. The van der Waals surface area contributed by atoms with Gasteiger partial charge in [0.25, 0.3) is 0 Å². The van der Waals surface area contributed by atoms with E-state index in [0.29, 0.717) is 23.8 Å². The van der Waals surface area contributed by atoms with Crippen molar-refractivity contribution in [2.24, 2.45) is 0 Å². The number of aromatic nitrogens is 2. The van der Waals surface area contributed by atoms with Crippen molar-refractivity contribution in [2.45, 2.75) is 18.4 Å². The van der Waals surface area contributed by atoms with Crippen molar-refractivity contribution >= 4 is 9.84 Å². The molecular weight excluding hydrogens is 292 g/mol. The van der Waals surface area contributed by atoms with E-state index in [2.05, 4.69) is 15.5 Å². The average molecular weight is 306 g/mol. The van der Waals surface area contributed by atoms with Gasteiger partial charge < -0.3 is 9.84 Å². The predicted octanol–water partition coefficient (Wildman–Crippen LogP) is 0.813. The molecule has 21 heavy (non-hydrogen) atoms. The van der Waals surface area contributed by atoms with Gasteiger partial charge in [-0.05, 0) is 18.2 Å². The Kier molecular flexibility index (Phi) is 4.67. The third-order valence-corrected chi connectivity index (χ3v) is 4.44. The van der Waals surface area contributed by atoms with Crippen LogP contribution in [0.25, 0.3) is 0 Å². The quantitative estimate of drug-likeness (QED) is 0.786. The number of aryl methyl sites for hydroxylation is 1. The molecule has 0 unspecified atom stereocenters. The van der Waals surface area contributed by atoms with Crippen molar-refractivity contribution in [3.05, 3.63) is 41.5 Å². The Balaban J connectivity index is 1.90. The Morgan fingerprint density at radius 3 is 2.90 bits per heavy atom. The largest absolute Gasteiger partial charge is 0.340 e. The van der Waals surface area contributed by atoms with Gasteiger partial charge in [-0.15, -0.1) is 0 Å².